The van der Waals surface area contributed by atoms with Gasteiger partial charge in [0.1, 0.15) is 4.83 Å². The number of benzene rings is 1. The van der Waals surface area contributed by atoms with Gasteiger partial charge < -0.3 is 4.98 Å². The van der Waals surface area contributed by atoms with Crippen LogP contribution in [-0.2, 0) is 19.4 Å². The molecule has 0 unspecified atom stereocenters. The highest BCUT2D eigenvalue weighted by atomic mass is 32.1. The Hall–Kier alpha value is -2.40. The predicted molar refractivity (Wildman–Crippen MR) is 131 cm³/mol. The Balaban J connectivity index is 1.36. The first-order valence-electron chi connectivity index (χ1n) is 11.9. The van der Waals surface area contributed by atoms with Crippen LogP contribution in [0.4, 0.5) is 0 Å². The lowest BCUT2D eigenvalue weighted by Crippen LogP contribution is -2.27. The van der Waals surface area contributed by atoms with Gasteiger partial charge in [-0.25, -0.2) is 4.98 Å². The van der Waals surface area contributed by atoms with Crippen molar-refractivity contribution in [3.05, 3.63) is 51.1 Å². The summed E-state index contributed by atoms with van der Waals surface area (Å²) in [6.07, 6.45) is 12.3. The number of thiophene rings is 1. The Labute approximate surface area is 187 Å². The first-order valence-corrected chi connectivity index (χ1v) is 12.8. The van der Waals surface area contributed by atoms with E-state index in [1.54, 1.807) is 11.3 Å². The van der Waals surface area contributed by atoms with E-state index in [1.165, 1.54) is 61.5 Å². The van der Waals surface area contributed by atoms with Crippen molar-refractivity contribution in [1.82, 2.24) is 14.5 Å². The van der Waals surface area contributed by atoms with E-state index in [2.05, 4.69) is 35.5 Å². The van der Waals surface area contributed by atoms with Gasteiger partial charge in [0.15, 0.2) is 5.82 Å². The molecule has 0 fully saturated rings. The van der Waals surface area contributed by atoms with Crippen LogP contribution in [0.1, 0.15) is 69.4 Å². The Kier molecular flexibility index (Phi) is 5.95. The molecule has 0 radical (unpaired) electrons. The van der Waals surface area contributed by atoms with Crippen molar-refractivity contribution >= 4 is 32.5 Å². The summed E-state index contributed by atoms with van der Waals surface area (Å²) in [5.41, 5.74) is 4.76. The average Bonchev–Trinajstić information content (AvgIpc) is 3.37. The predicted octanol–water partition coefficient (Wildman–Crippen LogP) is 6.85. The van der Waals surface area contributed by atoms with Gasteiger partial charge in [0, 0.05) is 17.4 Å². The highest BCUT2D eigenvalue weighted by Gasteiger charge is 2.25. The largest absolute Gasteiger partial charge is 0.352 e. The van der Waals surface area contributed by atoms with Crippen LogP contribution in [0.5, 0.6) is 0 Å². The van der Waals surface area contributed by atoms with Crippen molar-refractivity contribution in [3.63, 3.8) is 0 Å². The fourth-order valence-corrected chi connectivity index (χ4v) is 5.95. The first kappa shape index (κ1) is 20.5. The number of hydrogen-bond acceptors (Lipinski definition) is 3. The summed E-state index contributed by atoms with van der Waals surface area (Å²) in [5, 5.41) is 4.27. The summed E-state index contributed by atoms with van der Waals surface area (Å²) in [6.45, 7) is 2.97. The molecule has 31 heavy (non-hydrogen) atoms. The second-order valence-electron chi connectivity index (χ2n) is 8.83. The van der Waals surface area contributed by atoms with E-state index in [0.717, 1.165) is 46.5 Å². The van der Waals surface area contributed by atoms with Gasteiger partial charge in [-0.15, -0.1) is 11.3 Å². The van der Waals surface area contributed by atoms with Gasteiger partial charge in [-0.1, -0.05) is 70.1 Å². The molecule has 1 aromatic carbocycles. The molecule has 1 aliphatic rings. The second-order valence-corrected chi connectivity index (χ2v) is 9.69. The molecule has 1 aliphatic heterocycles. The third-order valence-electron chi connectivity index (χ3n) is 6.69. The van der Waals surface area contributed by atoms with Crippen molar-refractivity contribution in [3.8, 4) is 11.5 Å². The highest BCUT2D eigenvalue weighted by Crippen LogP contribution is 2.34. The second kappa shape index (κ2) is 8.99. The van der Waals surface area contributed by atoms with Crippen LogP contribution in [-0.4, -0.2) is 14.5 Å². The molecule has 5 rings (SSSR count). The Morgan fingerprint density at radius 2 is 1.84 bits per heavy atom. The van der Waals surface area contributed by atoms with Crippen LogP contribution in [0, 0.1) is 0 Å². The van der Waals surface area contributed by atoms with Gasteiger partial charge in [-0.05, 0) is 41.8 Å². The zero-order valence-electron chi connectivity index (χ0n) is 18.4. The van der Waals surface area contributed by atoms with Gasteiger partial charge in [0.05, 0.1) is 11.1 Å². The lowest BCUT2D eigenvalue weighted by Gasteiger charge is -2.18. The molecule has 162 valence electrons. The van der Waals surface area contributed by atoms with Crippen LogP contribution < -0.4 is 5.56 Å². The molecule has 0 amide bonds. The zero-order chi connectivity index (χ0) is 21.2. The number of hydrogen-bond donors (Lipinski definition) is 1. The molecular weight excluding hydrogens is 402 g/mol. The molecule has 4 heterocycles. The topological polar surface area (TPSA) is 50.7 Å². The van der Waals surface area contributed by atoms with Crippen LogP contribution in [0.15, 0.2) is 34.4 Å². The smallest absolute Gasteiger partial charge is 0.262 e. The lowest BCUT2D eigenvalue weighted by molar-refractivity contribution is 0.576. The number of H-pyrrole nitrogens is 1. The van der Waals surface area contributed by atoms with Gasteiger partial charge >= 0.3 is 0 Å². The summed E-state index contributed by atoms with van der Waals surface area (Å²) in [7, 11) is 0. The van der Waals surface area contributed by atoms with Crippen molar-refractivity contribution in [2.75, 3.05) is 0 Å². The molecule has 0 bridgehead atoms. The third kappa shape index (κ3) is 3.84. The minimum Gasteiger partial charge on any atom is -0.352 e. The molecule has 0 atom stereocenters. The Morgan fingerprint density at radius 3 is 2.68 bits per heavy atom. The molecule has 5 heteroatoms. The van der Waals surface area contributed by atoms with Crippen LogP contribution in [0.3, 0.4) is 0 Å². The maximum absolute atomic E-state index is 13.4. The summed E-state index contributed by atoms with van der Waals surface area (Å²) in [4.78, 5) is 22.8. The molecular formula is C26H31N3OS. The summed E-state index contributed by atoms with van der Waals surface area (Å²) in [6, 6.07) is 8.38. The van der Waals surface area contributed by atoms with E-state index in [-0.39, 0.29) is 5.56 Å². The SMILES string of the molecule is CCCCCCCCCCc1csc2nc3n(c(=O)c12)CCc1c-3[nH]c2ccccc12. The van der Waals surface area contributed by atoms with Crippen molar-refractivity contribution in [2.24, 2.45) is 0 Å². The van der Waals surface area contributed by atoms with E-state index in [4.69, 9.17) is 4.98 Å². The van der Waals surface area contributed by atoms with E-state index in [9.17, 15) is 4.79 Å². The number of aromatic nitrogens is 3. The molecule has 4 nitrogen and oxygen atoms in total. The van der Waals surface area contributed by atoms with Gasteiger partial charge in [-0.2, -0.15) is 0 Å². The number of nitrogens with zero attached hydrogens (tertiary/aromatic N) is 2. The number of aromatic amines is 1. The maximum atomic E-state index is 13.4. The maximum Gasteiger partial charge on any atom is 0.262 e. The first-order chi connectivity index (χ1) is 15.3. The third-order valence-corrected chi connectivity index (χ3v) is 7.61. The van der Waals surface area contributed by atoms with E-state index in [1.807, 2.05) is 10.6 Å². The number of fused-ring (bicyclic) bond motifs is 6. The van der Waals surface area contributed by atoms with Crippen molar-refractivity contribution in [1.29, 1.82) is 0 Å². The summed E-state index contributed by atoms with van der Waals surface area (Å²) >= 11 is 1.62. The van der Waals surface area contributed by atoms with Gasteiger partial charge in [0.25, 0.3) is 5.56 Å². The lowest BCUT2D eigenvalue weighted by atomic mass is 10.0. The molecule has 0 saturated carbocycles. The Morgan fingerprint density at radius 1 is 1.06 bits per heavy atom. The highest BCUT2D eigenvalue weighted by molar-refractivity contribution is 7.16. The van der Waals surface area contributed by atoms with Crippen LogP contribution in [0.25, 0.3) is 32.6 Å². The number of aryl methyl sites for hydroxylation is 2. The molecule has 0 aliphatic carbocycles. The number of rotatable bonds is 9. The van der Waals surface area contributed by atoms with Crippen LogP contribution in [0.2, 0.25) is 0 Å². The van der Waals surface area contributed by atoms with Crippen molar-refractivity contribution < 1.29 is 0 Å². The number of nitrogens with one attached hydrogen (secondary N) is 1. The zero-order valence-corrected chi connectivity index (χ0v) is 19.2. The Bertz CT molecular complexity index is 1260. The fraction of sp³-hybridized carbons (Fsp3) is 0.462. The van der Waals surface area contributed by atoms with Crippen LogP contribution >= 0.6 is 11.3 Å². The van der Waals surface area contributed by atoms with E-state index >= 15 is 0 Å². The number of unbranched alkanes of at least 4 members (excludes halogenated alkanes) is 7. The van der Waals surface area contributed by atoms with E-state index < -0.39 is 0 Å². The minimum absolute atomic E-state index is 0.139. The van der Waals surface area contributed by atoms with E-state index in [0.29, 0.717) is 6.54 Å². The standard InChI is InChI=1S/C26H31N3OS/c1-2-3-4-5-6-7-8-9-12-18-17-31-25-22(18)26(30)29-16-15-20-19-13-10-11-14-21(19)27-23(20)24(29)28-25/h10-11,13-14,17,27H,2-9,12,15-16H2,1H3. The molecule has 0 saturated heterocycles. The minimum atomic E-state index is 0.139. The molecule has 0 spiro atoms. The van der Waals surface area contributed by atoms with Gasteiger partial charge in [0.2, 0.25) is 0 Å². The fourth-order valence-electron chi connectivity index (χ4n) is 4.99. The molecule has 4 aromatic rings. The molecule has 1 N–H and O–H groups in total. The quantitative estimate of drug-likeness (QED) is 0.294. The summed E-state index contributed by atoms with van der Waals surface area (Å²) in [5.74, 6) is 0.801. The van der Waals surface area contributed by atoms with Gasteiger partial charge in [-0.3, -0.25) is 9.36 Å². The summed E-state index contributed by atoms with van der Waals surface area (Å²) < 4.78 is 1.89. The monoisotopic (exact) mass is 433 g/mol. The normalized spacial score (nSPS) is 13.1. The average molecular weight is 434 g/mol. The van der Waals surface area contributed by atoms with Crippen molar-refractivity contribution in [2.45, 2.75) is 77.7 Å². The number of para-hydroxylation sites is 1. The molecule has 3 aromatic heterocycles.